The SMILES string of the molecule is O=C(CCNS(=O)(=O)c1ccc(OC(F)(F)F)cc1)Nc1ccc2c(c1)OCCCO2. The number of hydrogen-bond donors (Lipinski definition) is 2. The van der Waals surface area contributed by atoms with Gasteiger partial charge in [-0.3, -0.25) is 4.79 Å². The van der Waals surface area contributed by atoms with Crippen molar-refractivity contribution in [3.63, 3.8) is 0 Å². The van der Waals surface area contributed by atoms with E-state index in [2.05, 4.69) is 14.8 Å². The molecule has 0 atom stereocenters. The second-order valence-corrected chi connectivity index (χ2v) is 8.19. The van der Waals surface area contributed by atoms with Crippen molar-refractivity contribution in [2.75, 3.05) is 25.1 Å². The van der Waals surface area contributed by atoms with Gasteiger partial charge in [-0.05, 0) is 36.4 Å². The maximum atomic E-state index is 12.2. The van der Waals surface area contributed by atoms with Gasteiger partial charge in [-0.25, -0.2) is 13.1 Å². The van der Waals surface area contributed by atoms with Crippen LogP contribution in [0.4, 0.5) is 18.9 Å². The van der Waals surface area contributed by atoms with Crippen LogP contribution in [0.5, 0.6) is 17.2 Å². The summed E-state index contributed by atoms with van der Waals surface area (Å²) in [5, 5.41) is 2.64. The van der Waals surface area contributed by atoms with Gasteiger partial charge in [0.1, 0.15) is 5.75 Å². The quantitative estimate of drug-likeness (QED) is 0.659. The maximum Gasteiger partial charge on any atom is 0.573 e. The Morgan fingerprint density at radius 1 is 1.03 bits per heavy atom. The Kier molecular flexibility index (Phi) is 6.91. The first kappa shape index (κ1) is 22.7. The average molecular weight is 460 g/mol. The van der Waals surface area contributed by atoms with Crippen LogP contribution in [0.1, 0.15) is 12.8 Å². The normalized spacial score (nSPS) is 13.9. The summed E-state index contributed by atoms with van der Waals surface area (Å²) in [5.41, 5.74) is 0.470. The Morgan fingerprint density at radius 2 is 1.71 bits per heavy atom. The van der Waals surface area contributed by atoms with E-state index < -0.39 is 28.0 Å². The van der Waals surface area contributed by atoms with Gasteiger partial charge in [0, 0.05) is 31.1 Å². The van der Waals surface area contributed by atoms with Crippen LogP contribution in [0.15, 0.2) is 47.4 Å². The van der Waals surface area contributed by atoms with Crippen LogP contribution < -0.4 is 24.2 Å². The van der Waals surface area contributed by atoms with Gasteiger partial charge in [0.25, 0.3) is 0 Å². The molecule has 0 bridgehead atoms. The van der Waals surface area contributed by atoms with Crippen LogP contribution in [0.3, 0.4) is 0 Å². The van der Waals surface area contributed by atoms with Crippen LogP contribution in [-0.4, -0.2) is 40.4 Å². The van der Waals surface area contributed by atoms with Crippen LogP contribution in [0, 0.1) is 0 Å². The number of rotatable bonds is 7. The molecule has 0 unspecified atom stereocenters. The Labute approximate surface area is 176 Å². The summed E-state index contributed by atoms with van der Waals surface area (Å²) in [7, 11) is -4.01. The smallest absolute Gasteiger partial charge is 0.490 e. The van der Waals surface area contributed by atoms with E-state index in [0.717, 1.165) is 30.7 Å². The van der Waals surface area contributed by atoms with Gasteiger partial charge in [-0.2, -0.15) is 0 Å². The van der Waals surface area contributed by atoms with Crippen molar-refractivity contribution in [1.82, 2.24) is 4.72 Å². The van der Waals surface area contributed by atoms with Crippen molar-refractivity contribution >= 4 is 21.6 Å². The van der Waals surface area contributed by atoms with Crippen molar-refractivity contribution in [3.05, 3.63) is 42.5 Å². The van der Waals surface area contributed by atoms with Crippen LogP contribution in [-0.2, 0) is 14.8 Å². The highest BCUT2D eigenvalue weighted by Gasteiger charge is 2.31. The number of ether oxygens (including phenoxy) is 3. The van der Waals surface area contributed by atoms with Gasteiger partial charge in [-0.15, -0.1) is 13.2 Å². The predicted molar refractivity (Wildman–Crippen MR) is 104 cm³/mol. The van der Waals surface area contributed by atoms with E-state index in [4.69, 9.17) is 9.47 Å². The minimum Gasteiger partial charge on any atom is -0.490 e. The van der Waals surface area contributed by atoms with E-state index in [1.165, 1.54) is 0 Å². The van der Waals surface area contributed by atoms with Crippen molar-refractivity contribution in [2.24, 2.45) is 0 Å². The Morgan fingerprint density at radius 3 is 2.39 bits per heavy atom. The van der Waals surface area contributed by atoms with E-state index in [1.807, 2.05) is 0 Å². The molecule has 2 aromatic rings. The van der Waals surface area contributed by atoms with Crippen molar-refractivity contribution < 1.29 is 40.6 Å². The number of amides is 1. The third-order valence-corrected chi connectivity index (χ3v) is 5.52. The van der Waals surface area contributed by atoms with Gasteiger partial charge in [0.2, 0.25) is 15.9 Å². The number of carbonyl (C=O) groups is 1. The monoisotopic (exact) mass is 460 g/mol. The second-order valence-electron chi connectivity index (χ2n) is 6.43. The summed E-state index contributed by atoms with van der Waals surface area (Å²) in [6.07, 6.45) is -4.29. The summed E-state index contributed by atoms with van der Waals surface area (Å²) in [6.45, 7) is 0.825. The molecule has 2 N–H and O–H groups in total. The van der Waals surface area contributed by atoms with E-state index in [0.29, 0.717) is 30.4 Å². The molecule has 3 rings (SSSR count). The maximum absolute atomic E-state index is 12.2. The topological polar surface area (TPSA) is 103 Å². The lowest BCUT2D eigenvalue weighted by atomic mass is 10.2. The summed E-state index contributed by atoms with van der Waals surface area (Å²) >= 11 is 0. The number of fused-ring (bicyclic) bond motifs is 1. The molecule has 31 heavy (non-hydrogen) atoms. The predicted octanol–water partition coefficient (Wildman–Crippen LogP) is 3.05. The van der Waals surface area contributed by atoms with Crippen molar-refractivity contribution in [2.45, 2.75) is 24.1 Å². The van der Waals surface area contributed by atoms with Gasteiger partial charge >= 0.3 is 6.36 Å². The molecule has 0 fully saturated rings. The third kappa shape index (κ3) is 6.76. The lowest BCUT2D eigenvalue weighted by molar-refractivity contribution is -0.274. The molecule has 168 valence electrons. The molecule has 1 aliphatic heterocycles. The van der Waals surface area contributed by atoms with Crippen LogP contribution in [0.2, 0.25) is 0 Å². The number of alkyl halides is 3. The molecule has 0 aromatic heterocycles. The Balaban J connectivity index is 1.51. The first-order valence-electron chi connectivity index (χ1n) is 9.17. The fourth-order valence-corrected chi connectivity index (χ4v) is 3.70. The van der Waals surface area contributed by atoms with Gasteiger partial charge in [0.15, 0.2) is 11.5 Å². The number of carbonyl (C=O) groups excluding carboxylic acids is 1. The number of sulfonamides is 1. The highest BCUT2D eigenvalue weighted by Crippen LogP contribution is 2.32. The number of benzene rings is 2. The zero-order chi connectivity index (χ0) is 22.5. The fraction of sp³-hybridized carbons (Fsp3) is 0.316. The molecule has 2 aromatic carbocycles. The summed E-state index contributed by atoms with van der Waals surface area (Å²) in [4.78, 5) is 11.8. The van der Waals surface area contributed by atoms with Crippen molar-refractivity contribution in [1.29, 1.82) is 0 Å². The van der Waals surface area contributed by atoms with Gasteiger partial charge < -0.3 is 19.5 Å². The van der Waals surface area contributed by atoms with Gasteiger partial charge in [0.05, 0.1) is 18.1 Å². The minimum atomic E-state index is -4.87. The molecule has 1 amide bonds. The molecular formula is C19H19F3N2O6S. The first-order valence-corrected chi connectivity index (χ1v) is 10.7. The molecule has 1 aliphatic rings. The highest BCUT2D eigenvalue weighted by atomic mass is 32.2. The second kappa shape index (κ2) is 9.43. The number of nitrogens with one attached hydrogen (secondary N) is 2. The fourth-order valence-electron chi connectivity index (χ4n) is 2.67. The van der Waals surface area contributed by atoms with Crippen LogP contribution in [0.25, 0.3) is 0 Å². The van der Waals surface area contributed by atoms with Crippen LogP contribution >= 0.6 is 0 Å². The van der Waals surface area contributed by atoms with E-state index >= 15 is 0 Å². The van der Waals surface area contributed by atoms with Crippen molar-refractivity contribution in [3.8, 4) is 17.2 Å². The largest absolute Gasteiger partial charge is 0.573 e. The standard InChI is InChI=1S/C19H19F3N2O6S/c20-19(21,22)30-14-3-5-15(6-4-14)31(26,27)23-9-8-18(25)24-13-2-7-16-17(12-13)29-11-1-10-28-16/h2-7,12,23H,1,8-11H2,(H,24,25). The number of anilines is 1. The lowest BCUT2D eigenvalue weighted by Crippen LogP contribution is -2.27. The first-order chi connectivity index (χ1) is 14.6. The number of hydrogen-bond acceptors (Lipinski definition) is 6. The van der Waals surface area contributed by atoms with E-state index in [-0.39, 0.29) is 17.9 Å². The zero-order valence-corrected chi connectivity index (χ0v) is 16.9. The molecule has 0 saturated carbocycles. The zero-order valence-electron chi connectivity index (χ0n) is 16.1. The van der Waals surface area contributed by atoms with E-state index in [1.54, 1.807) is 18.2 Å². The third-order valence-electron chi connectivity index (χ3n) is 4.04. The molecular weight excluding hydrogens is 441 g/mol. The molecule has 8 nitrogen and oxygen atoms in total. The molecule has 0 aliphatic carbocycles. The molecule has 0 radical (unpaired) electrons. The minimum absolute atomic E-state index is 0.164. The summed E-state index contributed by atoms with van der Waals surface area (Å²) in [6, 6.07) is 8.65. The highest BCUT2D eigenvalue weighted by molar-refractivity contribution is 7.89. The van der Waals surface area contributed by atoms with E-state index in [9.17, 15) is 26.4 Å². The molecule has 1 heterocycles. The Hall–Kier alpha value is -2.99. The summed E-state index contributed by atoms with van der Waals surface area (Å²) in [5.74, 6) is 0.107. The summed E-state index contributed by atoms with van der Waals surface area (Å²) < 4.78 is 77.9. The Bertz CT molecular complexity index is 1030. The lowest BCUT2D eigenvalue weighted by Gasteiger charge is -2.11. The molecule has 0 spiro atoms. The molecule has 0 saturated heterocycles. The molecule has 12 heteroatoms. The van der Waals surface area contributed by atoms with Gasteiger partial charge in [-0.1, -0.05) is 0 Å². The number of halogens is 3. The average Bonchev–Trinajstić information content (AvgIpc) is 2.92.